The molecule has 1 aromatic rings. The molecule has 142 valence electrons. The number of carbonyl (C=O) groups is 2. The van der Waals surface area contributed by atoms with Gasteiger partial charge in [0.25, 0.3) is 0 Å². The third-order valence-electron chi connectivity index (χ3n) is 4.03. The minimum absolute atomic E-state index is 0.0874. The van der Waals surface area contributed by atoms with Crippen molar-refractivity contribution < 1.29 is 19.1 Å². The first-order valence-corrected chi connectivity index (χ1v) is 8.90. The fraction of sp³-hybridized carbons (Fsp3) is 0.471. The van der Waals surface area contributed by atoms with E-state index in [1.165, 1.54) is 0 Å². The maximum absolute atomic E-state index is 12.6. The summed E-state index contributed by atoms with van der Waals surface area (Å²) in [6, 6.07) is 0. The Balaban J connectivity index is 2.71. The van der Waals surface area contributed by atoms with Crippen LogP contribution in [-0.4, -0.2) is 34.7 Å². The van der Waals surface area contributed by atoms with E-state index in [0.717, 1.165) is 0 Å². The number of dihydropyridines is 1. The second kappa shape index (κ2) is 8.14. The van der Waals surface area contributed by atoms with E-state index in [-0.39, 0.29) is 34.7 Å². The Labute approximate surface area is 162 Å². The van der Waals surface area contributed by atoms with Gasteiger partial charge >= 0.3 is 11.9 Å². The molecule has 1 aromatic heterocycles. The molecule has 1 N–H and O–H groups in total. The van der Waals surface area contributed by atoms with Gasteiger partial charge in [-0.1, -0.05) is 23.2 Å². The number of hydrogen-bond acceptors (Lipinski definition) is 6. The Morgan fingerprint density at radius 2 is 1.54 bits per heavy atom. The third kappa shape index (κ3) is 3.59. The lowest BCUT2D eigenvalue weighted by atomic mass is 9.84. The molecule has 0 aromatic carbocycles. The van der Waals surface area contributed by atoms with E-state index in [4.69, 9.17) is 32.7 Å². The number of halogens is 2. The molecule has 0 atom stereocenters. The number of aromatic nitrogens is 2. The summed E-state index contributed by atoms with van der Waals surface area (Å²) in [7, 11) is 1.66. The van der Waals surface area contributed by atoms with Crippen LogP contribution in [0.1, 0.15) is 39.4 Å². The monoisotopic (exact) mass is 401 g/mol. The van der Waals surface area contributed by atoms with E-state index < -0.39 is 17.9 Å². The number of esters is 2. The number of rotatable bonds is 5. The van der Waals surface area contributed by atoms with Crippen LogP contribution >= 0.6 is 23.2 Å². The van der Waals surface area contributed by atoms with Crippen molar-refractivity contribution in [3.05, 3.63) is 38.7 Å². The number of nitrogens with zero attached hydrogens (tertiary/aromatic N) is 2. The minimum atomic E-state index is -0.815. The molecule has 0 saturated carbocycles. The Morgan fingerprint density at radius 1 is 1.08 bits per heavy atom. The molecule has 2 heterocycles. The second-order valence-corrected chi connectivity index (χ2v) is 6.40. The Bertz CT molecular complexity index is 771. The number of nitrogens with one attached hydrogen (secondary N) is 1. The average molecular weight is 402 g/mol. The summed E-state index contributed by atoms with van der Waals surface area (Å²) in [5.41, 5.74) is 1.66. The molecule has 2 rings (SSSR count). The van der Waals surface area contributed by atoms with Gasteiger partial charge in [0.15, 0.2) is 5.15 Å². The highest BCUT2D eigenvalue weighted by atomic mass is 35.5. The van der Waals surface area contributed by atoms with Gasteiger partial charge in [0.05, 0.1) is 30.3 Å². The van der Waals surface area contributed by atoms with E-state index >= 15 is 0 Å². The molecule has 1 aliphatic rings. The lowest BCUT2D eigenvalue weighted by Gasteiger charge is -2.29. The van der Waals surface area contributed by atoms with Gasteiger partial charge in [-0.05, 0) is 27.7 Å². The molecule has 26 heavy (non-hydrogen) atoms. The molecule has 9 heteroatoms. The molecule has 0 bridgehead atoms. The molecule has 0 unspecified atom stereocenters. The van der Waals surface area contributed by atoms with Gasteiger partial charge in [-0.3, -0.25) is 0 Å². The van der Waals surface area contributed by atoms with Crippen molar-refractivity contribution in [3.63, 3.8) is 0 Å². The zero-order valence-corrected chi connectivity index (χ0v) is 16.8. The zero-order chi connectivity index (χ0) is 19.6. The first-order chi connectivity index (χ1) is 12.2. The number of allylic oxidation sites excluding steroid dienone is 2. The summed E-state index contributed by atoms with van der Waals surface area (Å²) in [5.74, 6) is -1.56. The van der Waals surface area contributed by atoms with Crippen molar-refractivity contribution in [1.82, 2.24) is 14.9 Å². The first-order valence-electron chi connectivity index (χ1n) is 8.14. The van der Waals surface area contributed by atoms with Gasteiger partial charge in [-0.25, -0.2) is 14.6 Å². The topological polar surface area (TPSA) is 82.4 Å². The summed E-state index contributed by atoms with van der Waals surface area (Å²) in [4.78, 5) is 29.5. The van der Waals surface area contributed by atoms with Crippen molar-refractivity contribution in [1.29, 1.82) is 0 Å². The second-order valence-electron chi connectivity index (χ2n) is 5.69. The molecule has 0 saturated heterocycles. The molecule has 0 aliphatic carbocycles. The van der Waals surface area contributed by atoms with Crippen molar-refractivity contribution in [3.8, 4) is 0 Å². The largest absolute Gasteiger partial charge is 0.463 e. The van der Waals surface area contributed by atoms with Crippen molar-refractivity contribution in [2.24, 2.45) is 7.05 Å². The van der Waals surface area contributed by atoms with Gasteiger partial charge in [0.1, 0.15) is 11.0 Å². The predicted molar refractivity (Wildman–Crippen MR) is 97.8 cm³/mol. The van der Waals surface area contributed by atoms with Crippen LogP contribution in [0.5, 0.6) is 0 Å². The molecule has 0 radical (unpaired) electrons. The van der Waals surface area contributed by atoms with Crippen molar-refractivity contribution >= 4 is 35.1 Å². The van der Waals surface area contributed by atoms with Gasteiger partial charge in [-0.2, -0.15) is 0 Å². The standard InChI is InChI=1S/C17H21Cl2N3O4/c1-6-25-16(23)10-8(3)20-9(4)11(17(24)26-7-2)12(10)15-21-13(18)14(19)22(15)5/h12,20H,6-7H2,1-5H3. The zero-order valence-electron chi connectivity index (χ0n) is 15.3. The molecule has 0 fully saturated rings. The highest BCUT2D eigenvalue weighted by Crippen LogP contribution is 2.40. The number of ether oxygens (including phenoxy) is 2. The van der Waals surface area contributed by atoms with Crippen LogP contribution < -0.4 is 5.32 Å². The van der Waals surface area contributed by atoms with Crippen molar-refractivity contribution in [2.45, 2.75) is 33.6 Å². The fourth-order valence-electron chi connectivity index (χ4n) is 2.93. The van der Waals surface area contributed by atoms with E-state index in [2.05, 4.69) is 10.3 Å². The van der Waals surface area contributed by atoms with Crippen LogP contribution in [0.25, 0.3) is 0 Å². The molecule has 7 nitrogen and oxygen atoms in total. The third-order valence-corrected chi connectivity index (χ3v) is 4.82. The van der Waals surface area contributed by atoms with Crippen LogP contribution in [0, 0.1) is 0 Å². The fourth-order valence-corrected chi connectivity index (χ4v) is 3.27. The minimum Gasteiger partial charge on any atom is -0.463 e. The van der Waals surface area contributed by atoms with Gasteiger partial charge in [0.2, 0.25) is 0 Å². The Hall–Kier alpha value is -1.99. The van der Waals surface area contributed by atoms with Crippen LogP contribution in [0.2, 0.25) is 10.3 Å². The highest BCUT2D eigenvalue weighted by Gasteiger charge is 2.40. The predicted octanol–water partition coefficient (Wildman–Crippen LogP) is 3.09. The molecular formula is C17H21Cl2N3O4. The summed E-state index contributed by atoms with van der Waals surface area (Å²) < 4.78 is 11.9. The van der Waals surface area contributed by atoms with E-state index in [1.807, 2.05) is 0 Å². The summed E-state index contributed by atoms with van der Waals surface area (Å²) in [6.45, 7) is 7.28. The van der Waals surface area contributed by atoms with E-state index in [9.17, 15) is 9.59 Å². The lowest BCUT2D eigenvalue weighted by molar-refractivity contribution is -0.139. The highest BCUT2D eigenvalue weighted by molar-refractivity contribution is 6.40. The SMILES string of the molecule is CCOC(=O)C1=C(C)NC(C)=C(C(=O)OCC)C1c1nc(Cl)c(Cl)n1C. The number of imidazole rings is 1. The van der Waals surface area contributed by atoms with Gasteiger partial charge in [0, 0.05) is 18.4 Å². The number of carbonyl (C=O) groups excluding carboxylic acids is 2. The summed E-state index contributed by atoms with van der Waals surface area (Å²) in [5, 5.41) is 3.35. The van der Waals surface area contributed by atoms with Crippen molar-refractivity contribution in [2.75, 3.05) is 13.2 Å². The Kier molecular flexibility index (Phi) is 6.36. The van der Waals surface area contributed by atoms with Gasteiger partial charge < -0.3 is 19.4 Å². The van der Waals surface area contributed by atoms with Gasteiger partial charge in [-0.15, -0.1) is 0 Å². The number of hydrogen-bond donors (Lipinski definition) is 1. The van der Waals surface area contributed by atoms with E-state index in [0.29, 0.717) is 17.2 Å². The maximum atomic E-state index is 12.6. The summed E-state index contributed by atoms with van der Waals surface area (Å²) >= 11 is 12.2. The first kappa shape index (κ1) is 20.3. The lowest BCUT2D eigenvalue weighted by Crippen LogP contribution is -2.33. The van der Waals surface area contributed by atoms with Crippen LogP contribution in [0.4, 0.5) is 0 Å². The molecular weight excluding hydrogens is 381 g/mol. The smallest absolute Gasteiger partial charge is 0.336 e. The normalized spacial score (nSPS) is 15.2. The average Bonchev–Trinajstić information content (AvgIpc) is 2.81. The quantitative estimate of drug-likeness (QED) is 0.763. The molecule has 0 amide bonds. The summed E-state index contributed by atoms with van der Waals surface area (Å²) in [6.07, 6.45) is 0. The van der Waals surface area contributed by atoms with E-state index in [1.54, 1.807) is 39.3 Å². The maximum Gasteiger partial charge on any atom is 0.336 e. The van der Waals surface area contributed by atoms with Crippen LogP contribution in [-0.2, 0) is 26.1 Å². The van der Waals surface area contributed by atoms with Crippen LogP contribution in [0.3, 0.4) is 0 Å². The Morgan fingerprint density at radius 3 is 1.88 bits per heavy atom. The van der Waals surface area contributed by atoms with Crippen LogP contribution in [0.15, 0.2) is 22.5 Å². The molecule has 1 aliphatic heterocycles. The molecule has 0 spiro atoms.